The molecule has 29 heavy (non-hydrogen) atoms. The molecule has 6 nitrogen and oxygen atoms in total. The number of nitrogens with zero attached hydrogens (tertiary/aromatic N) is 2. The molecule has 146 valence electrons. The predicted octanol–water partition coefficient (Wildman–Crippen LogP) is 4.27. The number of carbonyl (C=O) groups excluding carboxylic acids is 1. The Hall–Kier alpha value is -3.69. The number of aromatic nitrogens is 1. The topological polar surface area (TPSA) is 87.0 Å². The van der Waals surface area contributed by atoms with E-state index in [-0.39, 0.29) is 12.5 Å². The van der Waals surface area contributed by atoms with E-state index >= 15 is 0 Å². The number of methoxy groups -OCH3 is 1. The van der Waals surface area contributed by atoms with Crippen molar-refractivity contribution in [3.05, 3.63) is 88.6 Å². The molecule has 0 saturated carbocycles. The number of amides is 1. The number of nitrogens with one attached hydrogen (secondary N) is 2. The standard InChI is InChI=1S/C23H22N4O2/c1-16-21(27-23(28)18-11-7-4-8-12-18)20(15-29-2)19(13-24)22(26-16)25-14-17-9-5-3-6-10-17/h3-12H,14-15H2,1-2H3,(H,25,26)(H,27,28). The highest BCUT2D eigenvalue weighted by Gasteiger charge is 2.20. The van der Waals surface area contributed by atoms with Gasteiger partial charge in [0.1, 0.15) is 17.5 Å². The number of hydrogen-bond acceptors (Lipinski definition) is 5. The monoisotopic (exact) mass is 386 g/mol. The molecule has 0 bridgehead atoms. The highest BCUT2D eigenvalue weighted by atomic mass is 16.5. The van der Waals surface area contributed by atoms with Crippen LogP contribution in [-0.4, -0.2) is 18.0 Å². The van der Waals surface area contributed by atoms with Crippen LogP contribution >= 0.6 is 0 Å². The maximum atomic E-state index is 12.6. The molecule has 3 aromatic rings. The number of nitriles is 1. The first-order valence-electron chi connectivity index (χ1n) is 9.20. The zero-order valence-electron chi connectivity index (χ0n) is 16.4. The number of ether oxygens (including phenoxy) is 1. The van der Waals surface area contributed by atoms with Crippen molar-refractivity contribution in [3.63, 3.8) is 0 Å². The van der Waals surface area contributed by atoms with Gasteiger partial charge in [-0.15, -0.1) is 0 Å². The zero-order chi connectivity index (χ0) is 20.6. The Bertz CT molecular complexity index is 1030. The molecule has 1 aromatic heterocycles. The lowest BCUT2D eigenvalue weighted by molar-refractivity contribution is 0.102. The fourth-order valence-electron chi connectivity index (χ4n) is 3.03. The number of hydrogen-bond donors (Lipinski definition) is 2. The Labute approximate surface area is 170 Å². The van der Waals surface area contributed by atoms with E-state index < -0.39 is 0 Å². The second-order valence-corrected chi connectivity index (χ2v) is 6.48. The number of anilines is 2. The largest absolute Gasteiger partial charge is 0.380 e. The van der Waals surface area contributed by atoms with E-state index in [9.17, 15) is 10.1 Å². The fraction of sp³-hybridized carbons (Fsp3) is 0.174. The highest BCUT2D eigenvalue weighted by Crippen LogP contribution is 2.29. The van der Waals surface area contributed by atoms with Crippen LogP contribution < -0.4 is 10.6 Å². The summed E-state index contributed by atoms with van der Waals surface area (Å²) in [6, 6.07) is 21.0. The van der Waals surface area contributed by atoms with Gasteiger partial charge in [0.25, 0.3) is 5.91 Å². The average molecular weight is 386 g/mol. The first kappa shape index (κ1) is 20.1. The van der Waals surface area contributed by atoms with Gasteiger partial charge in [-0.05, 0) is 24.6 Å². The molecular weight excluding hydrogens is 364 g/mol. The van der Waals surface area contributed by atoms with Crippen molar-refractivity contribution < 1.29 is 9.53 Å². The molecular formula is C23H22N4O2. The summed E-state index contributed by atoms with van der Waals surface area (Å²) in [6.45, 7) is 2.51. The second kappa shape index (κ2) is 9.49. The summed E-state index contributed by atoms with van der Waals surface area (Å²) in [5.41, 5.74) is 3.67. The maximum Gasteiger partial charge on any atom is 0.255 e. The SMILES string of the molecule is COCc1c(C#N)c(NCc2ccccc2)nc(C)c1NC(=O)c1ccccc1. The van der Waals surface area contributed by atoms with E-state index in [1.54, 1.807) is 38.3 Å². The molecule has 0 aliphatic heterocycles. The van der Waals surface area contributed by atoms with Crippen LogP contribution in [0.4, 0.5) is 11.5 Å². The van der Waals surface area contributed by atoms with Crippen LogP contribution in [0.5, 0.6) is 0 Å². The summed E-state index contributed by atoms with van der Waals surface area (Å²) in [5, 5.41) is 15.9. The Kier molecular flexibility index (Phi) is 6.56. The van der Waals surface area contributed by atoms with Crippen molar-refractivity contribution in [2.24, 2.45) is 0 Å². The molecule has 0 spiro atoms. The predicted molar refractivity (Wildman–Crippen MR) is 113 cm³/mol. The number of carbonyl (C=O) groups is 1. The Morgan fingerprint density at radius 2 is 1.76 bits per heavy atom. The third kappa shape index (κ3) is 4.78. The van der Waals surface area contributed by atoms with E-state index in [0.29, 0.717) is 40.4 Å². The van der Waals surface area contributed by atoms with Crippen LogP contribution in [0.3, 0.4) is 0 Å². The van der Waals surface area contributed by atoms with Crippen LogP contribution in [0.2, 0.25) is 0 Å². The third-order valence-corrected chi connectivity index (χ3v) is 4.46. The Morgan fingerprint density at radius 1 is 1.10 bits per heavy atom. The van der Waals surface area contributed by atoms with E-state index in [4.69, 9.17) is 4.74 Å². The summed E-state index contributed by atoms with van der Waals surface area (Å²) in [4.78, 5) is 17.2. The van der Waals surface area contributed by atoms with Gasteiger partial charge in [0.15, 0.2) is 0 Å². The third-order valence-electron chi connectivity index (χ3n) is 4.46. The van der Waals surface area contributed by atoms with Gasteiger partial charge in [0, 0.05) is 24.8 Å². The minimum Gasteiger partial charge on any atom is -0.380 e. The van der Waals surface area contributed by atoms with Crippen molar-refractivity contribution in [3.8, 4) is 6.07 Å². The van der Waals surface area contributed by atoms with Crippen molar-refractivity contribution >= 4 is 17.4 Å². The molecule has 0 aliphatic carbocycles. The number of rotatable bonds is 7. The van der Waals surface area contributed by atoms with E-state index in [1.807, 2.05) is 36.4 Å². The lowest BCUT2D eigenvalue weighted by atomic mass is 10.1. The molecule has 0 fully saturated rings. The van der Waals surface area contributed by atoms with E-state index in [1.165, 1.54) is 0 Å². The molecule has 0 unspecified atom stereocenters. The van der Waals surface area contributed by atoms with Gasteiger partial charge in [0.2, 0.25) is 0 Å². The van der Waals surface area contributed by atoms with Crippen molar-refractivity contribution in [2.45, 2.75) is 20.1 Å². The van der Waals surface area contributed by atoms with E-state index in [0.717, 1.165) is 5.56 Å². The first-order chi connectivity index (χ1) is 14.1. The smallest absolute Gasteiger partial charge is 0.255 e. The molecule has 1 amide bonds. The summed E-state index contributed by atoms with van der Waals surface area (Å²) in [6.07, 6.45) is 0. The minimum absolute atomic E-state index is 0.177. The van der Waals surface area contributed by atoms with Gasteiger partial charge in [-0.2, -0.15) is 5.26 Å². The highest BCUT2D eigenvalue weighted by molar-refractivity contribution is 6.05. The summed E-state index contributed by atoms with van der Waals surface area (Å²) in [5.74, 6) is 0.209. The number of pyridine rings is 1. The van der Waals surface area contributed by atoms with Crippen LogP contribution in [0.25, 0.3) is 0 Å². The lowest BCUT2D eigenvalue weighted by Crippen LogP contribution is -2.17. The van der Waals surface area contributed by atoms with Crippen LogP contribution in [-0.2, 0) is 17.9 Å². The van der Waals surface area contributed by atoms with Gasteiger partial charge >= 0.3 is 0 Å². The zero-order valence-corrected chi connectivity index (χ0v) is 16.4. The number of aryl methyl sites for hydroxylation is 1. The molecule has 0 radical (unpaired) electrons. The van der Waals surface area contributed by atoms with Gasteiger partial charge < -0.3 is 15.4 Å². The van der Waals surface area contributed by atoms with Gasteiger partial charge in [-0.25, -0.2) is 4.98 Å². The van der Waals surface area contributed by atoms with Crippen molar-refractivity contribution in [1.29, 1.82) is 5.26 Å². The van der Waals surface area contributed by atoms with Crippen LogP contribution in [0.1, 0.15) is 32.7 Å². The van der Waals surface area contributed by atoms with Gasteiger partial charge in [-0.3, -0.25) is 4.79 Å². The molecule has 1 heterocycles. The molecule has 2 N–H and O–H groups in total. The normalized spacial score (nSPS) is 10.2. The Balaban J connectivity index is 1.94. The summed E-state index contributed by atoms with van der Waals surface area (Å²) in [7, 11) is 1.55. The van der Waals surface area contributed by atoms with E-state index in [2.05, 4.69) is 21.7 Å². The van der Waals surface area contributed by atoms with Crippen LogP contribution in [0, 0.1) is 18.3 Å². The maximum absolute atomic E-state index is 12.6. The molecule has 3 rings (SSSR count). The van der Waals surface area contributed by atoms with Crippen molar-refractivity contribution in [1.82, 2.24) is 4.98 Å². The van der Waals surface area contributed by atoms with Gasteiger partial charge in [-0.1, -0.05) is 48.5 Å². The van der Waals surface area contributed by atoms with Gasteiger partial charge in [0.05, 0.1) is 18.0 Å². The molecule has 6 heteroatoms. The Morgan fingerprint density at radius 3 is 2.38 bits per heavy atom. The fourth-order valence-corrected chi connectivity index (χ4v) is 3.03. The summed E-state index contributed by atoms with van der Waals surface area (Å²) < 4.78 is 5.31. The number of benzene rings is 2. The van der Waals surface area contributed by atoms with Crippen molar-refractivity contribution in [2.75, 3.05) is 17.7 Å². The quantitative estimate of drug-likeness (QED) is 0.633. The summed E-state index contributed by atoms with van der Waals surface area (Å²) >= 11 is 0. The van der Waals surface area contributed by atoms with Crippen LogP contribution in [0.15, 0.2) is 60.7 Å². The molecule has 0 saturated heterocycles. The molecule has 2 aromatic carbocycles. The molecule has 0 aliphatic rings. The minimum atomic E-state index is -0.262. The average Bonchev–Trinajstić information content (AvgIpc) is 2.76. The lowest BCUT2D eigenvalue weighted by Gasteiger charge is -2.18. The molecule has 0 atom stereocenters. The first-order valence-corrected chi connectivity index (χ1v) is 9.20. The second-order valence-electron chi connectivity index (χ2n) is 6.48.